The van der Waals surface area contributed by atoms with Crippen molar-refractivity contribution in [2.45, 2.75) is 25.7 Å². The van der Waals surface area contributed by atoms with Gasteiger partial charge in [-0.25, -0.2) is 14.0 Å². The molecule has 0 aliphatic rings. The number of urea groups is 1. The van der Waals surface area contributed by atoms with Crippen LogP contribution in [0.1, 0.15) is 33.0 Å². The van der Waals surface area contributed by atoms with Crippen LogP contribution in [0.5, 0.6) is 0 Å². The van der Waals surface area contributed by atoms with E-state index in [1.165, 1.54) is 35.6 Å². The SMILES string of the molecule is O=C(O)c1ccc(CCCN(CCCc2cccc(Cl)c2)C(=O)Nc2ccc(F)cc2)s1. The van der Waals surface area contributed by atoms with E-state index in [4.69, 9.17) is 16.7 Å². The van der Waals surface area contributed by atoms with Gasteiger partial charge in [0.05, 0.1) is 0 Å². The van der Waals surface area contributed by atoms with Gasteiger partial charge in [0, 0.05) is 28.7 Å². The number of carboxylic acids is 1. The standard InChI is InChI=1S/C24H24ClFN2O3S/c25-18-6-1-4-17(16-18)5-2-14-28(24(31)27-20-10-8-19(26)9-11-20)15-3-7-21-12-13-22(32-21)23(29)30/h1,4,6,8-13,16H,2-3,5,7,14-15H2,(H,27,31)(H,29,30). The van der Waals surface area contributed by atoms with Crippen LogP contribution in [0.25, 0.3) is 0 Å². The Morgan fingerprint density at radius 2 is 1.72 bits per heavy atom. The average Bonchev–Trinajstić information content (AvgIpc) is 3.24. The third-order valence-electron chi connectivity index (χ3n) is 4.89. The highest BCUT2D eigenvalue weighted by Crippen LogP contribution is 2.19. The number of carbonyl (C=O) groups excluding carboxylic acids is 1. The number of carboxylic acid groups (broad SMARTS) is 1. The maximum absolute atomic E-state index is 13.1. The molecule has 0 saturated carbocycles. The first kappa shape index (κ1) is 23.8. The van der Waals surface area contributed by atoms with Gasteiger partial charge in [0.25, 0.3) is 0 Å². The molecule has 2 amide bonds. The second-order valence-electron chi connectivity index (χ2n) is 7.33. The molecule has 1 aromatic heterocycles. The topological polar surface area (TPSA) is 69.6 Å². The van der Waals surface area contributed by atoms with Gasteiger partial charge in [-0.3, -0.25) is 0 Å². The number of hydrogen-bond donors (Lipinski definition) is 2. The van der Waals surface area contributed by atoms with Crippen LogP contribution in [0.2, 0.25) is 5.02 Å². The number of anilines is 1. The molecule has 3 aromatic rings. The number of carbonyl (C=O) groups is 2. The number of amides is 2. The van der Waals surface area contributed by atoms with Crippen LogP contribution in [0, 0.1) is 5.82 Å². The summed E-state index contributed by atoms with van der Waals surface area (Å²) < 4.78 is 13.1. The van der Waals surface area contributed by atoms with Gasteiger partial charge in [0.2, 0.25) is 0 Å². The number of thiophene rings is 1. The summed E-state index contributed by atoms with van der Waals surface area (Å²) in [5, 5.41) is 12.6. The molecule has 0 atom stereocenters. The fourth-order valence-corrected chi connectivity index (χ4v) is 4.39. The zero-order chi connectivity index (χ0) is 22.9. The van der Waals surface area contributed by atoms with E-state index in [0.717, 1.165) is 23.3 Å². The number of hydrogen-bond acceptors (Lipinski definition) is 3. The molecule has 2 N–H and O–H groups in total. The largest absolute Gasteiger partial charge is 0.477 e. The molecule has 1 heterocycles. The smallest absolute Gasteiger partial charge is 0.345 e. The Kier molecular flexibility index (Phi) is 8.64. The van der Waals surface area contributed by atoms with Crippen molar-refractivity contribution in [3.05, 3.63) is 86.8 Å². The molecule has 2 aromatic carbocycles. The van der Waals surface area contributed by atoms with E-state index in [2.05, 4.69) is 5.32 Å². The minimum Gasteiger partial charge on any atom is -0.477 e. The zero-order valence-corrected chi connectivity index (χ0v) is 19.0. The number of nitrogens with zero attached hydrogens (tertiary/aromatic N) is 1. The Morgan fingerprint density at radius 3 is 2.38 bits per heavy atom. The van der Waals surface area contributed by atoms with Crippen molar-refractivity contribution in [2.75, 3.05) is 18.4 Å². The van der Waals surface area contributed by atoms with E-state index in [9.17, 15) is 14.0 Å². The predicted octanol–water partition coefficient (Wildman–Crippen LogP) is 6.34. The van der Waals surface area contributed by atoms with Crippen molar-refractivity contribution in [2.24, 2.45) is 0 Å². The van der Waals surface area contributed by atoms with Crippen LogP contribution in [-0.2, 0) is 12.8 Å². The van der Waals surface area contributed by atoms with E-state index >= 15 is 0 Å². The van der Waals surface area contributed by atoms with Crippen molar-refractivity contribution in [3.63, 3.8) is 0 Å². The van der Waals surface area contributed by atoms with E-state index in [1.807, 2.05) is 30.3 Å². The Morgan fingerprint density at radius 1 is 1.00 bits per heavy atom. The molecule has 5 nitrogen and oxygen atoms in total. The number of aryl methyl sites for hydroxylation is 2. The normalized spacial score (nSPS) is 10.7. The molecule has 32 heavy (non-hydrogen) atoms. The maximum Gasteiger partial charge on any atom is 0.345 e. The summed E-state index contributed by atoms with van der Waals surface area (Å²) in [5.41, 5.74) is 1.64. The zero-order valence-electron chi connectivity index (χ0n) is 17.4. The number of nitrogens with one attached hydrogen (secondary N) is 1. The lowest BCUT2D eigenvalue weighted by Crippen LogP contribution is -2.37. The van der Waals surface area contributed by atoms with E-state index < -0.39 is 5.97 Å². The molecule has 3 rings (SSSR count). The summed E-state index contributed by atoms with van der Waals surface area (Å²) in [7, 11) is 0. The highest BCUT2D eigenvalue weighted by molar-refractivity contribution is 7.13. The average molecular weight is 475 g/mol. The molecular formula is C24H24ClFN2O3S. The first-order valence-electron chi connectivity index (χ1n) is 10.3. The first-order valence-corrected chi connectivity index (χ1v) is 11.5. The summed E-state index contributed by atoms with van der Waals surface area (Å²) >= 11 is 7.30. The van der Waals surface area contributed by atoms with E-state index in [0.29, 0.717) is 41.5 Å². The van der Waals surface area contributed by atoms with Crippen LogP contribution < -0.4 is 5.32 Å². The van der Waals surface area contributed by atoms with Gasteiger partial charge in [-0.15, -0.1) is 11.3 Å². The molecular weight excluding hydrogens is 451 g/mol. The Balaban J connectivity index is 1.58. The third kappa shape index (κ3) is 7.35. The second-order valence-corrected chi connectivity index (χ2v) is 8.94. The predicted molar refractivity (Wildman–Crippen MR) is 126 cm³/mol. The summed E-state index contributed by atoms with van der Waals surface area (Å²) in [6.07, 6.45) is 2.94. The van der Waals surface area contributed by atoms with Gasteiger partial charge in [-0.1, -0.05) is 23.7 Å². The molecule has 0 aliphatic heterocycles. The number of halogens is 2. The lowest BCUT2D eigenvalue weighted by Gasteiger charge is -2.23. The van der Waals surface area contributed by atoms with Crippen molar-refractivity contribution in [1.82, 2.24) is 4.90 Å². The van der Waals surface area contributed by atoms with Gasteiger partial charge in [0.1, 0.15) is 10.7 Å². The molecule has 0 saturated heterocycles. The minimum atomic E-state index is -0.928. The number of rotatable bonds is 10. The Labute approximate surface area is 195 Å². The molecule has 0 bridgehead atoms. The van der Waals surface area contributed by atoms with Crippen LogP contribution in [0.4, 0.5) is 14.9 Å². The van der Waals surface area contributed by atoms with Gasteiger partial charge in [-0.2, -0.15) is 0 Å². The van der Waals surface area contributed by atoms with Gasteiger partial charge >= 0.3 is 12.0 Å². The second kappa shape index (κ2) is 11.6. The summed E-state index contributed by atoms with van der Waals surface area (Å²) in [6, 6.07) is 16.5. The fraction of sp³-hybridized carbons (Fsp3) is 0.250. The van der Waals surface area contributed by atoms with Crippen LogP contribution in [0.3, 0.4) is 0 Å². The number of benzene rings is 2. The molecule has 0 unspecified atom stereocenters. The maximum atomic E-state index is 13.1. The molecule has 0 spiro atoms. The molecule has 0 aliphatic carbocycles. The fourth-order valence-electron chi connectivity index (χ4n) is 3.29. The van der Waals surface area contributed by atoms with Crippen molar-refractivity contribution < 1.29 is 19.1 Å². The van der Waals surface area contributed by atoms with Gasteiger partial charge < -0.3 is 15.3 Å². The molecule has 8 heteroatoms. The lowest BCUT2D eigenvalue weighted by molar-refractivity contribution is 0.0702. The summed E-state index contributed by atoms with van der Waals surface area (Å²) in [5.74, 6) is -1.29. The van der Waals surface area contributed by atoms with Crippen LogP contribution in [0.15, 0.2) is 60.7 Å². The first-order chi connectivity index (χ1) is 15.4. The monoisotopic (exact) mass is 474 g/mol. The van der Waals surface area contributed by atoms with Crippen LogP contribution in [-0.4, -0.2) is 35.1 Å². The van der Waals surface area contributed by atoms with E-state index in [1.54, 1.807) is 11.0 Å². The molecule has 0 radical (unpaired) electrons. The quantitative estimate of drug-likeness (QED) is 0.360. The van der Waals surface area contributed by atoms with Crippen molar-refractivity contribution >= 4 is 40.6 Å². The number of aromatic carboxylic acids is 1. The third-order valence-corrected chi connectivity index (χ3v) is 6.26. The van der Waals surface area contributed by atoms with Gasteiger partial charge in [0.15, 0.2) is 0 Å². The lowest BCUT2D eigenvalue weighted by atomic mass is 10.1. The minimum absolute atomic E-state index is 0.250. The summed E-state index contributed by atoms with van der Waals surface area (Å²) in [4.78, 5) is 26.9. The van der Waals surface area contributed by atoms with Crippen molar-refractivity contribution in [1.29, 1.82) is 0 Å². The summed E-state index contributed by atoms with van der Waals surface area (Å²) in [6.45, 7) is 1.06. The van der Waals surface area contributed by atoms with Gasteiger partial charge in [-0.05, 0) is 79.8 Å². The Hall–Kier alpha value is -2.90. The highest BCUT2D eigenvalue weighted by atomic mass is 35.5. The Bertz CT molecular complexity index is 1060. The molecule has 168 valence electrons. The van der Waals surface area contributed by atoms with E-state index in [-0.39, 0.29) is 11.8 Å². The van der Waals surface area contributed by atoms with Crippen LogP contribution >= 0.6 is 22.9 Å². The molecule has 0 fully saturated rings. The van der Waals surface area contributed by atoms with Crippen molar-refractivity contribution in [3.8, 4) is 0 Å². The highest BCUT2D eigenvalue weighted by Gasteiger charge is 2.14.